The fourth-order valence-corrected chi connectivity index (χ4v) is 2.13. The van der Waals surface area contributed by atoms with Gasteiger partial charge in [0.25, 0.3) is 0 Å². The maximum Gasteiger partial charge on any atom is 0.319 e. The molecule has 88 valence electrons. The molecular formula is C12H11NO4. The van der Waals surface area contributed by atoms with E-state index in [2.05, 4.69) is 5.32 Å². The van der Waals surface area contributed by atoms with Crippen LogP contribution in [-0.4, -0.2) is 24.3 Å². The molecule has 0 aliphatic carbocycles. The zero-order valence-electron chi connectivity index (χ0n) is 9.01. The minimum atomic E-state index is -0.580. The average molecular weight is 233 g/mol. The van der Waals surface area contributed by atoms with Gasteiger partial charge in [0.2, 0.25) is 6.23 Å². The molecule has 0 aromatic heterocycles. The van der Waals surface area contributed by atoms with Crippen LogP contribution >= 0.6 is 0 Å². The van der Waals surface area contributed by atoms with Gasteiger partial charge in [0.05, 0.1) is 0 Å². The van der Waals surface area contributed by atoms with Gasteiger partial charge in [-0.15, -0.1) is 0 Å². The highest BCUT2D eigenvalue weighted by molar-refractivity contribution is 5.92. The first kappa shape index (κ1) is 10.1. The monoisotopic (exact) mass is 233 g/mol. The van der Waals surface area contributed by atoms with E-state index in [1.165, 1.54) is 0 Å². The van der Waals surface area contributed by atoms with Gasteiger partial charge in [-0.25, -0.2) is 0 Å². The molecule has 2 heterocycles. The Morgan fingerprint density at radius 3 is 2.76 bits per heavy atom. The minimum absolute atomic E-state index is 0.314. The molecule has 1 aromatic rings. The second-order valence-electron chi connectivity index (χ2n) is 4.12. The zero-order valence-corrected chi connectivity index (χ0v) is 9.01. The highest BCUT2D eigenvalue weighted by Gasteiger charge is 2.37. The van der Waals surface area contributed by atoms with Crippen LogP contribution in [0.15, 0.2) is 24.3 Å². The summed E-state index contributed by atoms with van der Waals surface area (Å²) in [5, 5.41) is 3.07. The summed E-state index contributed by atoms with van der Waals surface area (Å²) in [6.07, 6.45) is -0.773. The maximum absolute atomic E-state index is 11.3. The van der Waals surface area contributed by atoms with Gasteiger partial charge in [0.15, 0.2) is 6.10 Å². The first-order chi connectivity index (χ1) is 8.22. The molecule has 0 saturated carbocycles. The maximum atomic E-state index is 11.3. The van der Waals surface area contributed by atoms with Crippen LogP contribution in [0, 0.1) is 0 Å². The van der Waals surface area contributed by atoms with Crippen molar-refractivity contribution < 1.29 is 19.1 Å². The van der Waals surface area contributed by atoms with Gasteiger partial charge in [-0.05, 0) is 11.6 Å². The molecule has 1 N–H and O–H groups in total. The quantitative estimate of drug-likeness (QED) is 0.531. The van der Waals surface area contributed by atoms with E-state index >= 15 is 0 Å². The molecule has 0 amide bonds. The number of benzene rings is 1. The van der Waals surface area contributed by atoms with Gasteiger partial charge >= 0.3 is 11.9 Å². The van der Waals surface area contributed by atoms with Crippen LogP contribution in [0.25, 0.3) is 0 Å². The molecule has 0 radical (unpaired) electrons. The third-order valence-electron chi connectivity index (χ3n) is 2.90. The first-order valence-corrected chi connectivity index (χ1v) is 5.46. The SMILES string of the molecule is O=C1CC(=O)OC2Nc3ccccc3CC2O1. The third-order valence-corrected chi connectivity index (χ3v) is 2.90. The number of hydrogen-bond acceptors (Lipinski definition) is 5. The lowest BCUT2D eigenvalue weighted by molar-refractivity contribution is -0.149. The largest absolute Gasteiger partial charge is 0.456 e. The normalized spacial score (nSPS) is 26.8. The second-order valence-corrected chi connectivity index (χ2v) is 4.12. The Bertz CT molecular complexity index is 442. The van der Waals surface area contributed by atoms with E-state index in [0.29, 0.717) is 6.42 Å². The smallest absolute Gasteiger partial charge is 0.319 e. The summed E-state index contributed by atoms with van der Waals surface area (Å²) < 4.78 is 10.3. The number of fused-ring (bicyclic) bond motifs is 2. The molecule has 5 nitrogen and oxygen atoms in total. The topological polar surface area (TPSA) is 64.6 Å². The summed E-state index contributed by atoms with van der Waals surface area (Å²) >= 11 is 0. The van der Waals surface area contributed by atoms with Crippen molar-refractivity contribution in [2.75, 3.05) is 5.32 Å². The van der Waals surface area contributed by atoms with Crippen LogP contribution in [-0.2, 0) is 25.5 Å². The fraction of sp³-hybridized carbons (Fsp3) is 0.333. The van der Waals surface area contributed by atoms with E-state index in [1.54, 1.807) is 0 Å². The summed E-state index contributed by atoms with van der Waals surface area (Å²) in [6.45, 7) is 0. The van der Waals surface area contributed by atoms with Gasteiger partial charge in [-0.1, -0.05) is 18.2 Å². The molecule has 2 unspecified atom stereocenters. The lowest BCUT2D eigenvalue weighted by Gasteiger charge is -2.31. The number of rotatable bonds is 0. The fourth-order valence-electron chi connectivity index (χ4n) is 2.13. The van der Waals surface area contributed by atoms with Crippen molar-refractivity contribution in [3.63, 3.8) is 0 Å². The van der Waals surface area contributed by atoms with Crippen molar-refractivity contribution in [2.45, 2.75) is 25.2 Å². The Morgan fingerprint density at radius 2 is 1.88 bits per heavy atom. The Hall–Kier alpha value is -2.04. The molecule has 5 heteroatoms. The molecule has 1 saturated heterocycles. The van der Waals surface area contributed by atoms with Crippen molar-refractivity contribution in [1.82, 2.24) is 0 Å². The molecule has 2 aliphatic rings. The lowest BCUT2D eigenvalue weighted by Crippen LogP contribution is -2.42. The van der Waals surface area contributed by atoms with E-state index in [4.69, 9.17) is 9.47 Å². The Morgan fingerprint density at radius 1 is 1.12 bits per heavy atom. The number of para-hydroxylation sites is 1. The van der Waals surface area contributed by atoms with Crippen LogP contribution in [0.2, 0.25) is 0 Å². The minimum Gasteiger partial charge on any atom is -0.456 e. The second kappa shape index (κ2) is 3.76. The molecule has 1 aromatic carbocycles. The van der Waals surface area contributed by atoms with Gasteiger partial charge in [-0.3, -0.25) is 9.59 Å². The molecule has 2 atom stereocenters. The standard InChI is InChI=1S/C12H11NO4/c14-10-6-11(15)17-12-9(16-10)5-7-3-1-2-4-8(7)13-12/h1-4,9,12-13H,5-6H2. The summed E-state index contributed by atoms with van der Waals surface area (Å²) in [5.74, 6) is -1.07. The number of anilines is 1. The number of nitrogens with one attached hydrogen (secondary N) is 1. The third kappa shape index (κ3) is 1.84. The summed E-state index contributed by atoms with van der Waals surface area (Å²) in [4.78, 5) is 22.6. The molecule has 1 fully saturated rings. The van der Waals surface area contributed by atoms with Gasteiger partial charge in [-0.2, -0.15) is 0 Å². The van der Waals surface area contributed by atoms with E-state index in [1.807, 2.05) is 24.3 Å². The predicted molar refractivity (Wildman–Crippen MR) is 58.1 cm³/mol. The summed E-state index contributed by atoms with van der Waals surface area (Å²) in [7, 11) is 0. The van der Waals surface area contributed by atoms with E-state index in [0.717, 1.165) is 11.3 Å². The number of esters is 2. The zero-order chi connectivity index (χ0) is 11.8. The molecule has 17 heavy (non-hydrogen) atoms. The highest BCUT2D eigenvalue weighted by atomic mass is 16.6. The van der Waals surface area contributed by atoms with E-state index in [9.17, 15) is 9.59 Å². The van der Waals surface area contributed by atoms with Crippen LogP contribution < -0.4 is 5.32 Å². The molecule has 0 spiro atoms. The molecule has 0 bridgehead atoms. The Labute approximate surface area is 97.7 Å². The van der Waals surface area contributed by atoms with Crippen molar-refractivity contribution in [2.24, 2.45) is 0 Å². The number of carbonyl (C=O) groups excluding carboxylic acids is 2. The van der Waals surface area contributed by atoms with Crippen LogP contribution in [0.1, 0.15) is 12.0 Å². The van der Waals surface area contributed by atoms with E-state index < -0.39 is 24.3 Å². The number of hydrogen-bond donors (Lipinski definition) is 1. The number of carbonyl (C=O) groups is 2. The Kier molecular flexibility index (Phi) is 2.24. The summed E-state index contributed by atoms with van der Waals surface area (Å²) in [5.41, 5.74) is 1.97. The predicted octanol–water partition coefficient (Wildman–Crippen LogP) is 0.839. The van der Waals surface area contributed by atoms with Gasteiger partial charge in [0, 0.05) is 12.1 Å². The lowest BCUT2D eigenvalue weighted by atomic mass is 10.0. The van der Waals surface area contributed by atoms with Crippen LogP contribution in [0.3, 0.4) is 0 Å². The van der Waals surface area contributed by atoms with Crippen molar-refractivity contribution >= 4 is 17.6 Å². The Balaban J connectivity index is 1.91. The van der Waals surface area contributed by atoms with Crippen molar-refractivity contribution in [3.05, 3.63) is 29.8 Å². The van der Waals surface area contributed by atoms with E-state index in [-0.39, 0.29) is 6.42 Å². The van der Waals surface area contributed by atoms with Gasteiger partial charge in [0.1, 0.15) is 6.42 Å². The number of ether oxygens (including phenoxy) is 2. The van der Waals surface area contributed by atoms with Crippen LogP contribution in [0.4, 0.5) is 5.69 Å². The van der Waals surface area contributed by atoms with Crippen molar-refractivity contribution in [1.29, 1.82) is 0 Å². The first-order valence-electron chi connectivity index (χ1n) is 5.46. The van der Waals surface area contributed by atoms with Crippen LogP contribution in [0.5, 0.6) is 0 Å². The van der Waals surface area contributed by atoms with Crippen molar-refractivity contribution in [3.8, 4) is 0 Å². The highest BCUT2D eigenvalue weighted by Crippen LogP contribution is 2.28. The molecule has 3 rings (SSSR count). The molecular weight excluding hydrogens is 222 g/mol. The van der Waals surface area contributed by atoms with Gasteiger partial charge < -0.3 is 14.8 Å². The summed E-state index contributed by atoms with van der Waals surface area (Å²) in [6, 6.07) is 7.69. The molecule has 2 aliphatic heterocycles. The average Bonchev–Trinajstić information content (AvgIpc) is 2.42.